The van der Waals surface area contributed by atoms with Crippen molar-refractivity contribution in [1.82, 2.24) is 19.5 Å². The highest BCUT2D eigenvalue weighted by Crippen LogP contribution is 2.46. The molecule has 182 valence electrons. The molecule has 8 rings (SSSR count). The first-order chi connectivity index (χ1) is 19.6. The van der Waals surface area contributed by atoms with Crippen molar-refractivity contribution in [2.75, 3.05) is 0 Å². The minimum absolute atomic E-state index is 0.622. The predicted octanol–water partition coefficient (Wildman–Crippen LogP) is 6.02. The van der Waals surface area contributed by atoms with Crippen molar-refractivity contribution in [3.63, 3.8) is 0 Å². The van der Waals surface area contributed by atoms with Crippen LogP contribution in [-0.4, -0.2) is 35.2 Å². The van der Waals surface area contributed by atoms with Gasteiger partial charge in [-0.25, -0.2) is 15.0 Å². The van der Waals surface area contributed by atoms with Gasteiger partial charge < -0.3 is 4.57 Å². The lowest BCUT2D eigenvalue weighted by molar-refractivity contribution is 1.07. The zero-order valence-electron chi connectivity index (χ0n) is 21.2. The van der Waals surface area contributed by atoms with Gasteiger partial charge >= 0.3 is 0 Å². The second kappa shape index (κ2) is 8.97. The Labute approximate surface area is 238 Å². The third-order valence-electron chi connectivity index (χ3n) is 7.25. The smallest absolute Gasteiger partial charge is 0.164 e. The number of benzene rings is 5. The second-order valence-corrected chi connectivity index (χ2v) is 10.9. The molecule has 2 aromatic heterocycles. The van der Waals surface area contributed by atoms with Crippen molar-refractivity contribution >= 4 is 60.2 Å². The van der Waals surface area contributed by atoms with E-state index in [0.29, 0.717) is 17.5 Å². The van der Waals surface area contributed by atoms with Crippen LogP contribution in [0.15, 0.2) is 119 Å². The minimum atomic E-state index is 0.622. The summed E-state index contributed by atoms with van der Waals surface area (Å²) in [5.41, 5.74) is 7.62. The molecule has 0 N–H and O–H groups in total. The van der Waals surface area contributed by atoms with Crippen molar-refractivity contribution < 1.29 is 0 Å². The third kappa shape index (κ3) is 3.69. The molecule has 1 aliphatic rings. The van der Waals surface area contributed by atoms with Crippen LogP contribution in [0.2, 0.25) is 0 Å². The normalized spacial score (nSPS) is 12.1. The Balaban J connectivity index is 1.39. The van der Waals surface area contributed by atoms with Gasteiger partial charge in [-0.1, -0.05) is 108 Å². The molecule has 7 aromatic rings. The molecule has 0 spiro atoms. The molecular weight excluding hydrogens is 506 g/mol. The van der Waals surface area contributed by atoms with Gasteiger partial charge in [0, 0.05) is 37.3 Å². The molecule has 1 aliphatic heterocycles. The summed E-state index contributed by atoms with van der Waals surface area (Å²) in [6.45, 7) is 0. The molecule has 7 heteroatoms. The highest BCUT2D eigenvalue weighted by atomic mass is 32.2. The van der Waals surface area contributed by atoms with Crippen LogP contribution >= 0.6 is 11.8 Å². The fourth-order valence-electron chi connectivity index (χ4n) is 5.45. The average molecular weight is 524 g/mol. The van der Waals surface area contributed by atoms with E-state index in [4.69, 9.17) is 30.6 Å². The fourth-order valence-corrected chi connectivity index (χ4v) is 6.64. The first-order valence-electron chi connectivity index (χ1n) is 13.0. The zero-order chi connectivity index (χ0) is 26.8. The van der Waals surface area contributed by atoms with Crippen molar-refractivity contribution in [1.29, 1.82) is 0 Å². The highest BCUT2D eigenvalue weighted by molar-refractivity contribution is 7.99. The lowest BCUT2D eigenvalue weighted by Crippen LogP contribution is -2.09. The van der Waals surface area contributed by atoms with Gasteiger partial charge in [-0.05, 0) is 24.3 Å². The predicted molar refractivity (Wildman–Crippen MR) is 165 cm³/mol. The zero-order valence-corrected chi connectivity index (χ0v) is 22.1. The maximum Gasteiger partial charge on any atom is 0.164 e. The van der Waals surface area contributed by atoms with Gasteiger partial charge in [0.15, 0.2) is 17.5 Å². The number of fused-ring (bicyclic) bond motifs is 5. The van der Waals surface area contributed by atoms with E-state index >= 15 is 0 Å². The SMILES string of the molecule is [B]c1ccc2c(c1)Sc1cc([B])cc3c4cc(-c5nc(-c6ccccc6)nc(-c6ccccc6)n5)ccc4n-2c13. The Kier molecular flexibility index (Phi) is 5.22. The lowest BCUT2D eigenvalue weighted by atomic mass is 9.94. The molecule has 0 unspecified atom stereocenters. The van der Waals surface area contributed by atoms with E-state index in [1.165, 1.54) is 0 Å². The number of rotatable bonds is 3. The Morgan fingerprint density at radius 2 is 1.15 bits per heavy atom. The van der Waals surface area contributed by atoms with Crippen LogP contribution in [0.5, 0.6) is 0 Å². The Morgan fingerprint density at radius 3 is 1.82 bits per heavy atom. The van der Waals surface area contributed by atoms with Gasteiger partial charge in [0.25, 0.3) is 0 Å². The van der Waals surface area contributed by atoms with Crippen LogP contribution < -0.4 is 10.9 Å². The van der Waals surface area contributed by atoms with Crippen LogP contribution in [0.1, 0.15) is 0 Å². The van der Waals surface area contributed by atoms with Crippen molar-refractivity contribution in [3.8, 4) is 39.9 Å². The third-order valence-corrected chi connectivity index (χ3v) is 8.33. The van der Waals surface area contributed by atoms with E-state index in [2.05, 4.69) is 34.9 Å². The van der Waals surface area contributed by atoms with E-state index in [0.717, 1.165) is 64.9 Å². The molecule has 0 saturated carbocycles. The van der Waals surface area contributed by atoms with E-state index < -0.39 is 0 Å². The number of hydrogen-bond acceptors (Lipinski definition) is 4. The van der Waals surface area contributed by atoms with Crippen LogP contribution in [0.3, 0.4) is 0 Å². The topological polar surface area (TPSA) is 43.6 Å². The van der Waals surface area contributed by atoms with Gasteiger partial charge in [-0.15, -0.1) is 0 Å². The molecule has 3 heterocycles. The van der Waals surface area contributed by atoms with Crippen LogP contribution in [0.25, 0.3) is 61.7 Å². The summed E-state index contributed by atoms with van der Waals surface area (Å²) in [5, 5.41) is 2.19. The molecule has 0 bridgehead atoms. The summed E-state index contributed by atoms with van der Waals surface area (Å²) < 4.78 is 2.31. The Morgan fingerprint density at radius 1 is 0.525 bits per heavy atom. The van der Waals surface area contributed by atoms with Gasteiger partial charge in [-0.2, -0.15) is 0 Å². The Hall–Kier alpha value is -4.61. The van der Waals surface area contributed by atoms with Crippen LogP contribution in [0.4, 0.5) is 0 Å². The fraction of sp³-hybridized carbons (Fsp3) is 0. The summed E-state index contributed by atoms with van der Waals surface area (Å²) in [6.07, 6.45) is 0. The molecule has 0 saturated heterocycles. The first-order valence-corrected chi connectivity index (χ1v) is 13.8. The number of nitrogens with zero attached hydrogens (tertiary/aromatic N) is 4. The standard InChI is InChI=1S/C33H18B2N4S/c34-22-12-14-27-28(17-22)40-29-18-23(35)16-25-24-15-21(11-13-26(24)39(27)30(25)29)33-37-31(19-7-3-1-4-8-19)36-32(38-33)20-9-5-2-6-10-20/h1-18H. The largest absolute Gasteiger partial charge is 0.307 e. The molecule has 0 atom stereocenters. The van der Waals surface area contributed by atoms with Crippen molar-refractivity contribution in [2.24, 2.45) is 0 Å². The average Bonchev–Trinajstić information content (AvgIpc) is 3.32. The first kappa shape index (κ1) is 23.3. The minimum Gasteiger partial charge on any atom is -0.307 e. The molecule has 0 aliphatic carbocycles. The van der Waals surface area contributed by atoms with Crippen molar-refractivity contribution in [3.05, 3.63) is 109 Å². The van der Waals surface area contributed by atoms with Gasteiger partial charge in [-0.3, -0.25) is 0 Å². The lowest BCUT2D eigenvalue weighted by Gasteiger charge is -2.21. The van der Waals surface area contributed by atoms with Crippen LogP contribution in [0, 0.1) is 0 Å². The van der Waals surface area contributed by atoms with Gasteiger partial charge in [0.05, 0.1) is 16.7 Å². The number of aromatic nitrogens is 4. The summed E-state index contributed by atoms with van der Waals surface area (Å²) in [7, 11) is 12.6. The van der Waals surface area contributed by atoms with E-state index in [9.17, 15) is 0 Å². The summed E-state index contributed by atoms with van der Waals surface area (Å²) in [5.74, 6) is 1.90. The molecule has 4 radical (unpaired) electrons. The van der Waals surface area contributed by atoms with E-state index in [1.54, 1.807) is 11.8 Å². The van der Waals surface area contributed by atoms with Crippen molar-refractivity contribution in [2.45, 2.75) is 9.79 Å². The summed E-state index contributed by atoms with van der Waals surface area (Å²) >= 11 is 1.70. The van der Waals surface area contributed by atoms with Gasteiger partial charge in [0.2, 0.25) is 0 Å². The highest BCUT2D eigenvalue weighted by Gasteiger charge is 2.24. The molecule has 4 nitrogen and oxygen atoms in total. The number of hydrogen-bond donors (Lipinski definition) is 0. The van der Waals surface area contributed by atoms with Crippen LogP contribution in [-0.2, 0) is 0 Å². The Bertz CT molecular complexity index is 2050. The molecule has 0 amide bonds. The second-order valence-electron chi connectivity index (χ2n) is 9.85. The molecular formula is C33H18B2N4S. The molecule has 0 fully saturated rings. The van der Waals surface area contributed by atoms with E-state index in [1.807, 2.05) is 78.9 Å². The maximum absolute atomic E-state index is 6.41. The molecule has 5 aromatic carbocycles. The monoisotopic (exact) mass is 524 g/mol. The molecule has 40 heavy (non-hydrogen) atoms. The van der Waals surface area contributed by atoms with Gasteiger partial charge in [0.1, 0.15) is 15.7 Å². The summed E-state index contributed by atoms with van der Waals surface area (Å²) in [6, 6.07) is 36.6. The summed E-state index contributed by atoms with van der Waals surface area (Å²) in [4.78, 5) is 16.9. The maximum atomic E-state index is 6.41. The quantitative estimate of drug-likeness (QED) is 0.265. The van der Waals surface area contributed by atoms with E-state index in [-0.39, 0.29) is 0 Å².